The largest absolute Gasteiger partial charge is 0.481 e. The Morgan fingerprint density at radius 1 is 1.07 bits per heavy atom. The molecule has 1 atom stereocenters. The van der Waals surface area contributed by atoms with Crippen molar-refractivity contribution in [1.29, 1.82) is 0 Å². The standard InChI is InChI=1S/C10H22O.C2H4O2/c1-3-5-7-9-10(11)8-6-4-2;1-2(3)4/h10-11H,3-9H2,1-2H3;1H3,(H,3,4). The van der Waals surface area contributed by atoms with Gasteiger partial charge in [-0.25, -0.2) is 0 Å². The predicted molar refractivity (Wildman–Crippen MR) is 63.0 cm³/mol. The monoisotopic (exact) mass is 218 g/mol. The Morgan fingerprint density at radius 2 is 1.47 bits per heavy atom. The predicted octanol–water partition coefficient (Wildman–Crippen LogP) is 3.21. The van der Waals surface area contributed by atoms with Crippen LogP contribution in [-0.4, -0.2) is 22.3 Å². The van der Waals surface area contributed by atoms with Gasteiger partial charge >= 0.3 is 0 Å². The SMILES string of the molecule is CC(=O)O.CCCCCC(O)CCCC. The van der Waals surface area contributed by atoms with Crippen molar-refractivity contribution in [1.82, 2.24) is 0 Å². The first kappa shape index (κ1) is 16.8. The quantitative estimate of drug-likeness (QED) is 0.645. The number of hydrogen-bond acceptors (Lipinski definition) is 2. The molecule has 0 spiro atoms. The Hall–Kier alpha value is -0.570. The van der Waals surface area contributed by atoms with Crippen LogP contribution in [-0.2, 0) is 4.79 Å². The number of carboxylic acid groups (broad SMARTS) is 1. The second kappa shape index (κ2) is 13.4. The average Bonchev–Trinajstić information content (AvgIpc) is 2.14. The lowest BCUT2D eigenvalue weighted by Crippen LogP contribution is -2.05. The van der Waals surface area contributed by atoms with Gasteiger partial charge in [-0.1, -0.05) is 46.0 Å². The number of aliphatic carboxylic acids is 1. The molecule has 0 heterocycles. The van der Waals surface area contributed by atoms with Gasteiger partial charge in [0.2, 0.25) is 0 Å². The molecular weight excluding hydrogens is 192 g/mol. The van der Waals surface area contributed by atoms with E-state index in [4.69, 9.17) is 9.90 Å². The van der Waals surface area contributed by atoms with Crippen LogP contribution < -0.4 is 0 Å². The highest BCUT2D eigenvalue weighted by atomic mass is 16.4. The fraction of sp³-hybridized carbons (Fsp3) is 0.917. The van der Waals surface area contributed by atoms with Crippen LogP contribution in [0.2, 0.25) is 0 Å². The summed E-state index contributed by atoms with van der Waals surface area (Å²) in [7, 11) is 0. The Balaban J connectivity index is 0. The van der Waals surface area contributed by atoms with E-state index in [1.807, 2.05) is 0 Å². The molecule has 15 heavy (non-hydrogen) atoms. The third kappa shape index (κ3) is 24.7. The molecule has 0 aromatic heterocycles. The summed E-state index contributed by atoms with van der Waals surface area (Å²) in [6.45, 7) is 5.44. The summed E-state index contributed by atoms with van der Waals surface area (Å²) in [5, 5.41) is 16.8. The van der Waals surface area contributed by atoms with Crippen molar-refractivity contribution in [2.75, 3.05) is 0 Å². The molecule has 0 aliphatic rings. The first-order chi connectivity index (χ1) is 7.04. The lowest BCUT2D eigenvalue weighted by molar-refractivity contribution is -0.134. The van der Waals surface area contributed by atoms with Crippen LogP contribution in [0.4, 0.5) is 0 Å². The summed E-state index contributed by atoms with van der Waals surface area (Å²) in [4.78, 5) is 9.00. The van der Waals surface area contributed by atoms with Gasteiger partial charge in [0.15, 0.2) is 0 Å². The van der Waals surface area contributed by atoms with Crippen molar-refractivity contribution in [2.24, 2.45) is 0 Å². The summed E-state index contributed by atoms with van der Waals surface area (Å²) in [5.41, 5.74) is 0. The molecule has 0 rings (SSSR count). The summed E-state index contributed by atoms with van der Waals surface area (Å²) in [6.07, 6.45) is 8.07. The van der Waals surface area contributed by atoms with Crippen LogP contribution in [0.1, 0.15) is 65.7 Å². The molecule has 1 unspecified atom stereocenters. The van der Waals surface area contributed by atoms with E-state index in [1.54, 1.807) is 0 Å². The van der Waals surface area contributed by atoms with Gasteiger partial charge in [-0.2, -0.15) is 0 Å². The number of hydrogen-bond donors (Lipinski definition) is 2. The average molecular weight is 218 g/mol. The van der Waals surface area contributed by atoms with Crippen molar-refractivity contribution in [2.45, 2.75) is 71.8 Å². The summed E-state index contributed by atoms with van der Waals surface area (Å²) >= 11 is 0. The molecule has 0 saturated carbocycles. The molecule has 92 valence electrons. The Labute approximate surface area is 93.5 Å². The minimum Gasteiger partial charge on any atom is -0.481 e. The number of rotatable bonds is 7. The molecule has 3 heteroatoms. The first-order valence-corrected chi connectivity index (χ1v) is 5.92. The fourth-order valence-corrected chi connectivity index (χ4v) is 1.21. The van der Waals surface area contributed by atoms with Crippen molar-refractivity contribution in [3.63, 3.8) is 0 Å². The van der Waals surface area contributed by atoms with Gasteiger partial charge in [0.05, 0.1) is 6.10 Å². The lowest BCUT2D eigenvalue weighted by Gasteiger charge is -2.08. The van der Waals surface area contributed by atoms with Crippen molar-refractivity contribution < 1.29 is 15.0 Å². The molecule has 3 nitrogen and oxygen atoms in total. The molecule has 0 aromatic rings. The van der Waals surface area contributed by atoms with E-state index in [0.717, 1.165) is 19.8 Å². The third-order valence-electron chi connectivity index (χ3n) is 2.03. The normalized spacial score (nSPS) is 11.5. The molecule has 2 N–H and O–H groups in total. The molecular formula is C12H26O3. The highest BCUT2D eigenvalue weighted by molar-refractivity contribution is 5.62. The zero-order valence-electron chi connectivity index (χ0n) is 10.3. The highest BCUT2D eigenvalue weighted by Gasteiger charge is 2.01. The smallest absolute Gasteiger partial charge is 0.300 e. The topological polar surface area (TPSA) is 57.5 Å². The van der Waals surface area contributed by atoms with Gasteiger partial charge in [-0.15, -0.1) is 0 Å². The maximum atomic E-state index is 9.41. The van der Waals surface area contributed by atoms with Gasteiger partial charge in [-0.3, -0.25) is 4.79 Å². The number of aliphatic hydroxyl groups is 1. The minimum absolute atomic E-state index is 0.0264. The minimum atomic E-state index is -0.833. The third-order valence-corrected chi connectivity index (χ3v) is 2.03. The molecule has 0 radical (unpaired) electrons. The van der Waals surface area contributed by atoms with E-state index in [1.165, 1.54) is 32.1 Å². The summed E-state index contributed by atoms with van der Waals surface area (Å²) in [6, 6.07) is 0. The van der Waals surface area contributed by atoms with Crippen molar-refractivity contribution in [3.8, 4) is 0 Å². The van der Waals surface area contributed by atoms with E-state index < -0.39 is 5.97 Å². The molecule has 0 aliphatic carbocycles. The lowest BCUT2D eigenvalue weighted by atomic mass is 10.1. The number of aliphatic hydroxyl groups excluding tert-OH is 1. The molecule has 0 aromatic carbocycles. The summed E-state index contributed by atoms with van der Waals surface area (Å²) < 4.78 is 0. The second-order valence-corrected chi connectivity index (χ2v) is 3.81. The Kier molecular flexibility index (Phi) is 15.1. The molecule has 0 saturated heterocycles. The molecule has 0 amide bonds. The number of unbranched alkanes of at least 4 members (excludes halogenated alkanes) is 3. The van der Waals surface area contributed by atoms with Crippen molar-refractivity contribution in [3.05, 3.63) is 0 Å². The first-order valence-electron chi connectivity index (χ1n) is 5.92. The molecule has 0 fully saturated rings. The van der Waals surface area contributed by atoms with E-state index in [0.29, 0.717) is 0 Å². The summed E-state index contributed by atoms with van der Waals surface area (Å²) in [5.74, 6) is -0.833. The maximum Gasteiger partial charge on any atom is 0.300 e. The van der Waals surface area contributed by atoms with Crippen LogP contribution in [0.15, 0.2) is 0 Å². The zero-order chi connectivity index (χ0) is 12.1. The van der Waals surface area contributed by atoms with Crippen LogP contribution in [0.3, 0.4) is 0 Å². The van der Waals surface area contributed by atoms with E-state index in [9.17, 15) is 5.11 Å². The van der Waals surface area contributed by atoms with E-state index in [2.05, 4.69) is 13.8 Å². The molecule has 0 aliphatic heterocycles. The van der Waals surface area contributed by atoms with Gasteiger partial charge in [0.1, 0.15) is 0 Å². The van der Waals surface area contributed by atoms with E-state index in [-0.39, 0.29) is 6.10 Å². The second-order valence-electron chi connectivity index (χ2n) is 3.81. The fourth-order valence-electron chi connectivity index (χ4n) is 1.21. The zero-order valence-corrected chi connectivity index (χ0v) is 10.3. The Bertz CT molecular complexity index is 131. The maximum absolute atomic E-state index is 9.41. The van der Waals surface area contributed by atoms with Crippen LogP contribution in [0.25, 0.3) is 0 Å². The molecule has 0 bridgehead atoms. The Morgan fingerprint density at radius 3 is 1.87 bits per heavy atom. The highest BCUT2D eigenvalue weighted by Crippen LogP contribution is 2.08. The van der Waals surface area contributed by atoms with Crippen LogP contribution in [0, 0.1) is 0 Å². The van der Waals surface area contributed by atoms with Crippen LogP contribution >= 0.6 is 0 Å². The van der Waals surface area contributed by atoms with Crippen LogP contribution in [0.5, 0.6) is 0 Å². The van der Waals surface area contributed by atoms with Gasteiger partial charge in [0.25, 0.3) is 5.97 Å². The van der Waals surface area contributed by atoms with Gasteiger partial charge in [-0.05, 0) is 12.8 Å². The number of carbonyl (C=O) groups is 1. The number of carboxylic acids is 1. The van der Waals surface area contributed by atoms with E-state index >= 15 is 0 Å². The van der Waals surface area contributed by atoms with Gasteiger partial charge < -0.3 is 10.2 Å². The van der Waals surface area contributed by atoms with Gasteiger partial charge in [0, 0.05) is 6.92 Å². The van der Waals surface area contributed by atoms with Crippen molar-refractivity contribution >= 4 is 5.97 Å².